The fourth-order valence-electron chi connectivity index (χ4n) is 3.46. The molecule has 1 N–H and O–H groups in total. The molecule has 1 aromatic carbocycles. The summed E-state index contributed by atoms with van der Waals surface area (Å²) in [6.45, 7) is 3.32. The fourth-order valence-corrected chi connectivity index (χ4v) is 3.46. The first kappa shape index (κ1) is 18.1. The number of hydrogen-bond acceptors (Lipinski definition) is 6. The minimum atomic E-state index is -1.61. The third kappa shape index (κ3) is 3.19. The SMILES string of the molecule is COC(=O)[C@@H]1C(=O)C[C@](C)(O)[C@H](C(=O)OC)[C@@H]1c1ccc(C)cc1. The molecular formula is C18H22O6. The quantitative estimate of drug-likeness (QED) is 0.663. The fraction of sp³-hybridized carbons (Fsp3) is 0.500. The van der Waals surface area contributed by atoms with Crippen molar-refractivity contribution in [3.8, 4) is 0 Å². The van der Waals surface area contributed by atoms with Crippen LogP contribution in [0, 0.1) is 18.8 Å². The number of carbonyl (C=O) groups is 3. The van der Waals surface area contributed by atoms with E-state index < -0.39 is 41.1 Å². The minimum absolute atomic E-state index is 0.311. The van der Waals surface area contributed by atoms with E-state index in [9.17, 15) is 19.5 Å². The van der Waals surface area contributed by atoms with Crippen LogP contribution in [-0.4, -0.2) is 42.6 Å². The summed E-state index contributed by atoms with van der Waals surface area (Å²) in [6.07, 6.45) is -0.311. The molecule has 0 saturated heterocycles. The predicted octanol–water partition coefficient (Wildman–Crippen LogP) is 1.38. The summed E-state index contributed by atoms with van der Waals surface area (Å²) < 4.78 is 9.61. The van der Waals surface area contributed by atoms with E-state index in [2.05, 4.69) is 0 Å². The number of aryl methyl sites for hydroxylation is 1. The molecular weight excluding hydrogens is 312 g/mol. The molecule has 1 aliphatic rings. The van der Waals surface area contributed by atoms with Gasteiger partial charge in [-0.1, -0.05) is 29.8 Å². The van der Waals surface area contributed by atoms with E-state index >= 15 is 0 Å². The molecule has 1 saturated carbocycles. The third-order valence-electron chi connectivity index (χ3n) is 4.64. The first-order chi connectivity index (χ1) is 11.2. The van der Waals surface area contributed by atoms with Gasteiger partial charge in [-0.3, -0.25) is 14.4 Å². The van der Waals surface area contributed by atoms with Gasteiger partial charge in [-0.15, -0.1) is 0 Å². The Morgan fingerprint density at radius 1 is 1.12 bits per heavy atom. The van der Waals surface area contributed by atoms with Crippen LogP contribution in [0.4, 0.5) is 0 Å². The maximum atomic E-state index is 12.5. The highest BCUT2D eigenvalue weighted by Crippen LogP contribution is 2.46. The third-order valence-corrected chi connectivity index (χ3v) is 4.64. The van der Waals surface area contributed by atoms with Crippen LogP contribution in [0.15, 0.2) is 24.3 Å². The summed E-state index contributed by atoms with van der Waals surface area (Å²) in [5.74, 6) is -4.87. The number of hydrogen-bond donors (Lipinski definition) is 1. The van der Waals surface area contributed by atoms with Crippen LogP contribution in [0.25, 0.3) is 0 Å². The highest BCUT2D eigenvalue weighted by Gasteiger charge is 2.56. The topological polar surface area (TPSA) is 89.9 Å². The summed E-state index contributed by atoms with van der Waals surface area (Å²) in [4.78, 5) is 37.1. The van der Waals surface area contributed by atoms with Crippen LogP contribution in [0.5, 0.6) is 0 Å². The molecule has 0 unspecified atom stereocenters. The first-order valence-corrected chi connectivity index (χ1v) is 7.70. The molecule has 0 radical (unpaired) electrons. The van der Waals surface area contributed by atoms with E-state index in [1.54, 1.807) is 12.1 Å². The molecule has 24 heavy (non-hydrogen) atoms. The maximum absolute atomic E-state index is 12.5. The number of rotatable bonds is 3. The number of aliphatic hydroxyl groups is 1. The molecule has 0 heterocycles. The molecule has 6 heteroatoms. The minimum Gasteiger partial charge on any atom is -0.469 e. The zero-order valence-corrected chi connectivity index (χ0v) is 14.2. The Bertz CT molecular complexity index is 646. The standard InChI is InChI=1S/C18H22O6/c1-10-5-7-11(8-6-10)13-14(16(20)23-3)12(19)9-18(2,22)15(13)17(21)24-4/h5-8,13-15,22H,9H2,1-4H3/t13-,14-,15+,18+/m1/s1. The van der Waals surface area contributed by atoms with Gasteiger partial charge in [0.05, 0.1) is 25.7 Å². The van der Waals surface area contributed by atoms with Gasteiger partial charge in [0.1, 0.15) is 5.92 Å². The van der Waals surface area contributed by atoms with Gasteiger partial charge < -0.3 is 14.6 Å². The van der Waals surface area contributed by atoms with Crippen LogP contribution in [0.2, 0.25) is 0 Å². The van der Waals surface area contributed by atoms with Crippen LogP contribution >= 0.6 is 0 Å². The van der Waals surface area contributed by atoms with Crippen molar-refractivity contribution >= 4 is 17.7 Å². The van der Waals surface area contributed by atoms with E-state index in [-0.39, 0.29) is 6.42 Å². The molecule has 4 atom stereocenters. The molecule has 1 aliphatic carbocycles. The Morgan fingerprint density at radius 2 is 1.67 bits per heavy atom. The number of ketones is 1. The Balaban J connectivity index is 2.63. The normalized spacial score (nSPS) is 29.9. The molecule has 0 amide bonds. The van der Waals surface area contributed by atoms with Gasteiger partial charge in [-0.2, -0.15) is 0 Å². The van der Waals surface area contributed by atoms with Crippen LogP contribution in [0.3, 0.4) is 0 Å². The number of Topliss-reactive ketones (excluding diaryl/α,β-unsaturated/α-hetero) is 1. The van der Waals surface area contributed by atoms with E-state index in [1.807, 2.05) is 19.1 Å². The van der Waals surface area contributed by atoms with Crippen molar-refractivity contribution in [3.05, 3.63) is 35.4 Å². The van der Waals surface area contributed by atoms with Crippen LogP contribution in [0.1, 0.15) is 30.4 Å². The lowest BCUT2D eigenvalue weighted by Gasteiger charge is -2.43. The van der Waals surface area contributed by atoms with Gasteiger partial charge in [-0.25, -0.2) is 0 Å². The average Bonchev–Trinajstić information content (AvgIpc) is 2.53. The molecule has 130 valence electrons. The van der Waals surface area contributed by atoms with Crippen molar-refractivity contribution in [2.75, 3.05) is 14.2 Å². The maximum Gasteiger partial charge on any atom is 0.316 e. The lowest BCUT2D eigenvalue weighted by Crippen LogP contribution is -2.55. The number of esters is 2. The lowest BCUT2D eigenvalue weighted by molar-refractivity contribution is -0.170. The Labute approximate surface area is 140 Å². The molecule has 2 rings (SSSR count). The Kier molecular flexibility index (Phi) is 5.08. The number of carbonyl (C=O) groups excluding carboxylic acids is 3. The summed E-state index contributed by atoms with van der Waals surface area (Å²) in [5.41, 5.74) is 0.00108. The van der Waals surface area contributed by atoms with Gasteiger partial charge in [-0.05, 0) is 19.4 Å². The molecule has 6 nitrogen and oxygen atoms in total. The summed E-state index contributed by atoms with van der Waals surface area (Å²) >= 11 is 0. The Morgan fingerprint density at radius 3 is 2.17 bits per heavy atom. The van der Waals surface area contributed by atoms with Crippen molar-refractivity contribution in [1.29, 1.82) is 0 Å². The molecule has 1 fully saturated rings. The zero-order chi connectivity index (χ0) is 18.1. The Hall–Kier alpha value is -2.21. The average molecular weight is 334 g/mol. The monoisotopic (exact) mass is 334 g/mol. The largest absolute Gasteiger partial charge is 0.469 e. The van der Waals surface area contributed by atoms with E-state index in [1.165, 1.54) is 21.1 Å². The van der Waals surface area contributed by atoms with Crippen molar-refractivity contribution in [1.82, 2.24) is 0 Å². The highest BCUT2D eigenvalue weighted by molar-refractivity contribution is 6.02. The van der Waals surface area contributed by atoms with Crippen molar-refractivity contribution in [2.24, 2.45) is 11.8 Å². The van der Waals surface area contributed by atoms with Crippen molar-refractivity contribution < 1.29 is 29.0 Å². The van der Waals surface area contributed by atoms with Gasteiger partial charge in [0, 0.05) is 12.3 Å². The van der Waals surface area contributed by atoms with Gasteiger partial charge >= 0.3 is 11.9 Å². The van der Waals surface area contributed by atoms with Gasteiger partial charge in [0.15, 0.2) is 5.78 Å². The molecule has 0 bridgehead atoms. The van der Waals surface area contributed by atoms with Gasteiger partial charge in [0.2, 0.25) is 0 Å². The molecule has 0 aliphatic heterocycles. The first-order valence-electron chi connectivity index (χ1n) is 7.70. The zero-order valence-electron chi connectivity index (χ0n) is 14.2. The van der Waals surface area contributed by atoms with Gasteiger partial charge in [0.25, 0.3) is 0 Å². The van der Waals surface area contributed by atoms with E-state index in [0.29, 0.717) is 5.56 Å². The smallest absolute Gasteiger partial charge is 0.316 e. The lowest BCUT2D eigenvalue weighted by atomic mass is 9.61. The summed E-state index contributed by atoms with van der Waals surface area (Å²) in [7, 11) is 2.41. The number of ether oxygens (including phenoxy) is 2. The number of benzene rings is 1. The van der Waals surface area contributed by atoms with Crippen LogP contribution < -0.4 is 0 Å². The number of methoxy groups -OCH3 is 2. The summed E-state index contributed by atoms with van der Waals surface area (Å²) in [5, 5.41) is 10.7. The second-order valence-electron chi connectivity index (χ2n) is 6.44. The van der Waals surface area contributed by atoms with Crippen LogP contribution in [-0.2, 0) is 23.9 Å². The van der Waals surface area contributed by atoms with E-state index in [0.717, 1.165) is 5.56 Å². The second kappa shape index (κ2) is 6.73. The molecule has 1 aromatic rings. The predicted molar refractivity (Wildman–Crippen MR) is 85.2 cm³/mol. The van der Waals surface area contributed by atoms with E-state index in [4.69, 9.17) is 9.47 Å². The second-order valence-corrected chi connectivity index (χ2v) is 6.44. The summed E-state index contributed by atoms with van der Waals surface area (Å²) in [6, 6.07) is 7.15. The highest BCUT2D eigenvalue weighted by atomic mass is 16.5. The van der Waals surface area contributed by atoms with Crippen molar-refractivity contribution in [2.45, 2.75) is 31.8 Å². The molecule has 0 aromatic heterocycles. The van der Waals surface area contributed by atoms with Crippen molar-refractivity contribution in [3.63, 3.8) is 0 Å². The molecule has 0 spiro atoms.